The van der Waals surface area contributed by atoms with E-state index in [1.807, 2.05) is 31.2 Å². The predicted octanol–water partition coefficient (Wildman–Crippen LogP) is 4.73. The highest BCUT2D eigenvalue weighted by atomic mass is 16.5. The Labute approximate surface area is 194 Å². The number of amides is 1. The third kappa shape index (κ3) is 4.40. The smallest absolute Gasteiger partial charge is 0.295 e. The van der Waals surface area contributed by atoms with Crippen LogP contribution in [0.1, 0.15) is 60.9 Å². The second-order valence-corrected chi connectivity index (χ2v) is 9.09. The van der Waals surface area contributed by atoms with Gasteiger partial charge in [-0.15, -0.1) is 0 Å². The van der Waals surface area contributed by atoms with Gasteiger partial charge in [-0.2, -0.15) is 0 Å². The van der Waals surface area contributed by atoms with Crippen molar-refractivity contribution in [2.75, 3.05) is 20.3 Å². The van der Waals surface area contributed by atoms with E-state index in [4.69, 9.17) is 9.47 Å². The van der Waals surface area contributed by atoms with Crippen molar-refractivity contribution in [2.45, 2.75) is 51.7 Å². The van der Waals surface area contributed by atoms with E-state index >= 15 is 0 Å². The third-order valence-electron chi connectivity index (χ3n) is 6.55. The number of carbonyl (C=O) groups excluding carboxylic acids is 2. The summed E-state index contributed by atoms with van der Waals surface area (Å²) < 4.78 is 11.1. The number of nitrogens with zero attached hydrogens (tertiary/aromatic N) is 1. The largest absolute Gasteiger partial charge is 0.507 e. The number of carbonyl (C=O) groups is 2. The second-order valence-electron chi connectivity index (χ2n) is 9.09. The number of hydrogen-bond acceptors (Lipinski definition) is 5. The molecule has 2 unspecified atom stereocenters. The average Bonchev–Trinajstić information content (AvgIpc) is 3.41. The Bertz CT molecular complexity index is 1080. The fraction of sp³-hybridized carbons (Fsp3) is 0.407. The molecule has 1 N–H and O–H groups in total. The fourth-order valence-corrected chi connectivity index (χ4v) is 4.67. The summed E-state index contributed by atoms with van der Waals surface area (Å²) in [6.07, 6.45) is 1.68. The molecule has 0 aliphatic carbocycles. The Kier molecular flexibility index (Phi) is 6.56. The van der Waals surface area contributed by atoms with Crippen LogP contribution in [0.4, 0.5) is 0 Å². The van der Waals surface area contributed by atoms with E-state index in [0.717, 1.165) is 24.0 Å². The lowest BCUT2D eigenvalue weighted by Gasteiger charge is -2.27. The lowest BCUT2D eigenvalue weighted by Crippen LogP contribution is -2.36. The molecule has 2 heterocycles. The van der Waals surface area contributed by atoms with Crippen LogP contribution in [-0.2, 0) is 14.3 Å². The first-order chi connectivity index (χ1) is 15.8. The van der Waals surface area contributed by atoms with Gasteiger partial charge in [-0.05, 0) is 60.6 Å². The number of hydrogen-bond donors (Lipinski definition) is 1. The van der Waals surface area contributed by atoms with Crippen LogP contribution >= 0.6 is 0 Å². The average molecular weight is 450 g/mol. The number of ketones is 1. The Balaban J connectivity index is 1.81. The van der Waals surface area contributed by atoms with E-state index in [1.54, 1.807) is 30.2 Å². The summed E-state index contributed by atoms with van der Waals surface area (Å²) >= 11 is 0. The standard InChI is InChI=1S/C27H31NO5/c1-16(2)18-7-9-19(10-8-18)24-23(25(29)20-11-12-22(32-4)17(3)14-20)26(30)27(31)28(24)15-21-6-5-13-33-21/h7-12,14,16,21,24,29H,5-6,13,15H2,1-4H3/b25-23-. The summed E-state index contributed by atoms with van der Waals surface area (Å²) in [5.41, 5.74) is 3.38. The van der Waals surface area contributed by atoms with Gasteiger partial charge in [-0.3, -0.25) is 9.59 Å². The highest BCUT2D eigenvalue weighted by molar-refractivity contribution is 6.46. The monoisotopic (exact) mass is 449 g/mol. The lowest BCUT2D eigenvalue weighted by molar-refractivity contribution is -0.140. The van der Waals surface area contributed by atoms with E-state index in [-0.39, 0.29) is 17.4 Å². The molecule has 0 bridgehead atoms. The normalized spacial score (nSPS) is 22.4. The first kappa shape index (κ1) is 23.1. The number of aliphatic hydroxyl groups excluding tert-OH is 1. The van der Waals surface area contributed by atoms with Crippen molar-refractivity contribution in [1.82, 2.24) is 4.90 Å². The van der Waals surface area contributed by atoms with Crippen molar-refractivity contribution < 1.29 is 24.2 Å². The minimum atomic E-state index is -0.670. The number of rotatable bonds is 6. The van der Waals surface area contributed by atoms with E-state index in [0.29, 0.717) is 30.4 Å². The van der Waals surface area contributed by atoms with Gasteiger partial charge in [-0.1, -0.05) is 38.1 Å². The van der Waals surface area contributed by atoms with Gasteiger partial charge in [0.15, 0.2) is 0 Å². The molecule has 2 saturated heterocycles. The van der Waals surface area contributed by atoms with Crippen LogP contribution in [0.2, 0.25) is 0 Å². The molecule has 0 aromatic heterocycles. The number of ether oxygens (including phenoxy) is 2. The zero-order valence-corrected chi connectivity index (χ0v) is 19.6. The van der Waals surface area contributed by atoms with Crippen molar-refractivity contribution in [1.29, 1.82) is 0 Å². The van der Waals surface area contributed by atoms with Crippen LogP contribution in [0, 0.1) is 6.92 Å². The van der Waals surface area contributed by atoms with Gasteiger partial charge in [0, 0.05) is 18.7 Å². The van der Waals surface area contributed by atoms with Crippen molar-refractivity contribution in [3.8, 4) is 5.75 Å². The molecule has 2 aliphatic rings. The van der Waals surface area contributed by atoms with Crippen LogP contribution in [0.3, 0.4) is 0 Å². The zero-order chi connectivity index (χ0) is 23.7. The van der Waals surface area contributed by atoms with Crippen molar-refractivity contribution in [2.24, 2.45) is 0 Å². The molecule has 2 aliphatic heterocycles. The first-order valence-electron chi connectivity index (χ1n) is 11.5. The molecule has 4 rings (SSSR count). The summed E-state index contributed by atoms with van der Waals surface area (Å²) in [6, 6.07) is 12.5. The number of aliphatic hydroxyl groups is 1. The molecule has 2 aromatic carbocycles. The lowest BCUT2D eigenvalue weighted by atomic mass is 9.93. The summed E-state index contributed by atoms with van der Waals surface area (Å²) in [6.45, 7) is 7.08. The van der Waals surface area contributed by atoms with Gasteiger partial charge in [0.2, 0.25) is 0 Å². The van der Waals surface area contributed by atoms with Crippen LogP contribution < -0.4 is 4.74 Å². The minimum Gasteiger partial charge on any atom is -0.507 e. The topological polar surface area (TPSA) is 76.1 Å². The number of benzene rings is 2. The fourth-order valence-electron chi connectivity index (χ4n) is 4.67. The Hall–Kier alpha value is -3.12. The molecule has 0 spiro atoms. The number of methoxy groups -OCH3 is 1. The van der Waals surface area contributed by atoms with E-state index < -0.39 is 17.7 Å². The van der Waals surface area contributed by atoms with Crippen LogP contribution in [-0.4, -0.2) is 48.1 Å². The van der Waals surface area contributed by atoms with Gasteiger partial charge >= 0.3 is 0 Å². The van der Waals surface area contributed by atoms with Crippen molar-refractivity contribution in [3.63, 3.8) is 0 Å². The molecule has 1 amide bonds. The Morgan fingerprint density at radius 1 is 1.18 bits per heavy atom. The SMILES string of the molecule is COc1ccc(/C(O)=C2/C(=O)C(=O)N(CC3CCCO3)C2c2ccc(C(C)C)cc2)cc1C. The van der Waals surface area contributed by atoms with Crippen LogP contribution in [0.15, 0.2) is 48.0 Å². The maximum Gasteiger partial charge on any atom is 0.295 e. The number of aryl methyl sites for hydroxylation is 1. The van der Waals surface area contributed by atoms with Crippen molar-refractivity contribution in [3.05, 3.63) is 70.3 Å². The minimum absolute atomic E-state index is 0.107. The van der Waals surface area contributed by atoms with E-state index in [9.17, 15) is 14.7 Å². The maximum absolute atomic E-state index is 13.2. The molecule has 2 aromatic rings. The molecule has 33 heavy (non-hydrogen) atoms. The van der Waals surface area contributed by atoms with Crippen LogP contribution in [0.25, 0.3) is 5.76 Å². The highest BCUT2D eigenvalue weighted by Gasteiger charge is 2.47. The predicted molar refractivity (Wildman–Crippen MR) is 126 cm³/mol. The Morgan fingerprint density at radius 2 is 1.91 bits per heavy atom. The summed E-state index contributed by atoms with van der Waals surface area (Å²) in [5.74, 6) is -0.398. The quantitative estimate of drug-likeness (QED) is 0.392. The first-order valence-corrected chi connectivity index (χ1v) is 11.5. The van der Waals surface area contributed by atoms with Gasteiger partial charge < -0.3 is 19.5 Å². The summed E-state index contributed by atoms with van der Waals surface area (Å²) in [5, 5.41) is 11.3. The van der Waals surface area contributed by atoms with E-state index in [1.165, 1.54) is 5.56 Å². The molecule has 6 nitrogen and oxygen atoms in total. The maximum atomic E-state index is 13.2. The molecule has 0 saturated carbocycles. The summed E-state index contributed by atoms with van der Waals surface area (Å²) in [7, 11) is 1.58. The molecule has 174 valence electrons. The summed E-state index contributed by atoms with van der Waals surface area (Å²) in [4.78, 5) is 27.9. The highest BCUT2D eigenvalue weighted by Crippen LogP contribution is 2.40. The van der Waals surface area contributed by atoms with Crippen molar-refractivity contribution >= 4 is 17.4 Å². The number of Topliss-reactive ketones (excluding diaryl/α,β-unsaturated/α-hetero) is 1. The Morgan fingerprint density at radius 3 is 2.48 bits per heavy atom. The second kappa shape index (κ2) is 9.40. The van der Waals surface area contributed by atoms with Gasteiger partial charge in [0.25, 0.3) is 11.7 Å². The molecule has 2 fully saturated rings. The van der Waals surface area contributed by atoms with Gasteiger partial charge in [-0.25, -0.2) is 0 Å². The van der Waals surface area contributed by atoms with E-state index in [2.05, 4.69) is 13.8 Å². The zero-order valence-electron chi connectivity index (χ0n) is 19.6. The molecule has 6 heteroatoms. The molecule has 2 atom stereocenters. The van der Waals surface area contributed by atoms with Crippen LogP contribution in [0.5, 0.6) is 5.75 Å². The number of likely N-dealkylation sites (tertiary alicyclic amines) is 1. The molecular weight excluding hydrogens is 418 g/mol. The van der Waals surface area contributed by atoms with Gasteiger partial charge in [0.05, 0.1) is 24.8 Å². The third-order valence-corrected chi connectivity index (χ3v) is 6.55. The molecular formula is C27H31NO5. The van der Waals surface area contributed by atoms with Gasteiger partial charge in [0.1, 0.15) is 11.5 Å². The molecule has 0 radical (unpaired) electrons.